The van der Waals surface area contributed by atoms with Crippen LogP contribution in [0, 0.1) is 0 Å². The van der Waals surface area contributed by atoms with Crippen LogP contribution in [0.2, 0.25) is 0 Å². The van der Waals surface area contributed by atoms with Gasteiger partial charge in [-0.15, -0.1) is 0 Å². The summed E-state index contributed by atoms with van der Waals surface area (Å²) < 4.78 is 0.961. The van der Waals surface area contributed by atoms with Crippen LogP contribution in [0.15, 0.2) is 4.99 Å². The van der Waals surface area contributed by atoms with E-state index in [0.717, 1.165) is 4.43 Å². The van der Waals surface area contributed by atoms with Crippen molar-refractivity contribution >= 4 is 45.4 Å². The van der Waals surface area contributed by atoms with Crippen molar-refractivity contribution in [3.8, 4) is 0 Å². The van der Waals surface area contributed by atoms with Crippen LogP contribution in [0.4, 0.5) is 0 Å². The minimum Gasteiger partial charge on any atom is -0.476 e. The first-order valence-corrected chi connectivity index (χ1v) is 5.15. The predicted octanol–water partition coefficient (Wildman–Crippen LogP) is 1.02. The molecule has 1 atom stereocenters. The summed E-state index contributed by atoms with van der Waals surface area (Å²) in [6.07, 6.45) is 0. The third kappa shape index (κ3) is 1.85. The Kier molecular flexibility index (Phi) is 2.96. The van der Waals surface area contributed by atoms with Gasteiger partial charge in [-0.2, -0.15) is 0 Å². The molecule has 0 aromatic carbocycles. The molecule has 5 heteroatoms. The lowest BCUT2D eigenvalue weighted by Gasteiger charge is -1.98. The van der Waals surface area contributed by atoms with Gasteiger partial charge in [0, 0.05) is 9.68 Å². The van der Waals surface area contributed by atoms with Crippen molar-refractivity contribution in [3.63, 3.8) is 0 Å². The SMILES string of the molecule is O=C(O)C1=NC[C@H](CI)S1. The fourth-order valence-electron chi connectivity index (χ4n) is 0.615. The minimum absolute atomic E-state index is 0.265. The molecule has 0 aromatic heterocycles. The van der Waals surface area contributed by atoms with E-state index in [1.807, 2.05) is 0 Å². The number of thioether (sulfide) groups is 1. The van der Waals surface area contributed by atoms with E-state index < -0.39 is 5.97 Å². The molecule has 1 rings (SSSR count). The molecular weight excluding hydrogens is 265 g/mol. The van der Waals surface area contributed by atoms with Crippen molar-refractivity contribution in [2.24, 2.45) is 4.99 Å². The van der Waals surface area contributed by atoms with Crippen molar-refractivity contribution in [2.75, 3.05) is 11.0 Å². The van der Waals surface area contributed by atoms with E-state index in [-0.39, 0.29) is 5.04 Å². The number of aliphatic imine (C=N–C) groups is 1. The van der Waals surface area contributed by atoms with E-state index in [1.165, 1.54) is 11.8 Å². The van der Waals surface area contributed by atoms with Gasteiger partial charge in [-0.1, -0.05) is 34.4 Å². The van der Waals surface area contributed by atoms with Gasteiger partial charge in [0.2, 0.25) is 0 Å². The van der Waals surface area contributed by atoms with E-state index in [9.17, 15) is 4.79 Å². The normalized spacial score (nSPS) is 24.5. The lowest BCUT2D eigenvalue weighted by atomic mass is 10.5. The number of halogens is 1. The highest BCUT2D eigenvalue weighted by Gasteiger charge is 2.22. The molecule has 0 unspecified atom stereocenters. The Morgan fingerprint density at radius 3 is 3.00 bits per heavy atom. The summed E-state index contributed by atoms with van der Waals surface area (Å²) in [5, 5.41) is 9.12. The second-order valence-electron chi connectivity index (χ2n) is 1.85. The van der Waals surface area contributed by atoms with E-state index in [4.69, 9.17) is 5.11 Å². The van der Waals surface area contributed by atoms with Crippen LogP contribution in [0.1, 0.15) is 0 Å². The van der Waals surface area contributed by atoms with E-state index >= 15 is 0 Å². The Labute approximate surface area is 76.4 Å². The molecule has 10 heavy (non-hydrogen) atoms. The summed E-state index contributed by atoms with van der Waals surface area (Å²) in [6, 6.07) is 0. The molecule has 3 nitrogen and oxygen atoms in total. The molecule has 0 radical (unpaired) electrons. The average molecular weight is 271 g/mol. The van der Waals surface area contributed by atoms with E-state index in [2.05, 4.69) is 27.6 Å². The Morgan fingerprint density at radius 2 is 2.70 bits per heavy atom. The molecule has 0 fully saturated rings. The Morgan fingerprint density at radius 1 is 2.00 bits per heavy atom. The van der Waals surface area contributed by atoms with Crippen LogP contribution in [0.5, 0.6) is 0 Å². The highest BCUT2D eigenvalue weighted by atomic mass is 127. The van der Waals surface area contributed by atoms with Crippen LogP contribution in [-0.2, 0) is 4.79 Å². The van der Waals surface area contributed by atoms with Crippen LogP contribution in [0.25, 0.3) is 0 Å². The molecule has 0 spiro atoms. The minimum atomic E-state index is -0.891. The van der Waals surface area contributed by atoms with Crippen molar-refractivity contribution in [2.45, 2.75) is 5.25 Å². The van der Waals surface area contributed by atoms with Crippen molar-refractivity contribution in [1.29, 1.82) is 0 Å². The zero-order chi connectivity index (χ0) is 7.56. The monoisotopic (exact) mass is 271 g/mol. The maximum Gasteiger partial charge on any atom is 0.360 e. The number of carboxylic acids is 1. The van der Waals surface area contributed by atoms with Gasteiger partial charge >= 0.3 is 5.97 Å². The van der Waals surface area contributed by atoms with Crippen molar-refractivity contribution in [3.05, 3.63) is 0 Å². The third-order valence-corrected chi connectivity index (χ3v) is 3.91. The first kappa shape index (κ1) is 8.32. The van der Waals surface area contributed by atoms with Crippen LogP contribution in [0.3, 0.4) is 0 Å². The largest absolute Gasteiger partial charge is 0.476 e. The highest BCUT2D eigenvalue weighted by Crippen LogP contribution is 2.22. The summed E-state index contributed by atoms with van der Waals surface area (Å²) in [6.45, 7) is 0.662. The molecule has 0 bridgehead atoms. The number of rotatable bonds is 2. The first-order valence-electron chi connectivity index (χ1n) is 2.74. The van der Waals surface area contributed by atoms with E-state index in [1.54, 1.807) is 0 Å². The van der Waals surface area contributed by atoms with Gasteiger partial charge in [0.25, 0.3) is 0 Å². The number of alkyl halides is 1. The lowest BCUT2D eigenvalue weighted by Crippen LogP contribution is -2.08. The smallest absolute Gasteiger partial charge is 0.360 e. The summed E-state index contributed by atoms with van der Waals surface area (Å²) in [5.74, 6) is -0.891. The van der Waals surface area contributed by atoms with E-state index in [0.29, 0.717) is 11.8 Å². The van der Waals surface area contributed by atoms with Crippen LogP contribution >= 0.6 is 34.4 Å². The summed E-state index contributed by atoms with van der Waals surface area (Å²) >= 11 is 3.60. The van der Waals surface area contributed by atoms with Crippen LogP contribution < -0.4 is 0 Å². The Hall–Kier alpha value is 0.220. The molecule has 0 saturated heterocycles. The van der Waals surface area contributed by atoms with Gasteiger partial charge in [0.05, 0.1) is 6.54 Å². The molecule has 0 saturated carbocycles. The van der Waals surface area contributed by atoms with Gasteiger partial charge in [-0.05, 0) is 0 Å². The second kappa shape index (κ2) is 3.56. The zero-order valence-electron chi connectivity index (χ0n) is 5.08. The Balaban J connectivity index is 2.47. The molecule has 0 aromatic rings. The van der Waals surface area contributed by atoms with Gasteiger partial charge in [0.15, 0.2) is 5.04 Å². The number of carbonyl (C=O) groups is 1. The molecule has 0 amide bonds. The fourth-order valence-corrected chi connectivity index (χ4v) is 2.21. The topological polar surface area (TPSA) is 49.7 Å². The lowest BCUT2D eigenvalue weighted by molar-refractivity contribution is -0.129. The number of hydrogen-bond acceptors (Lipinski definition) is 3. The highest BCUT2D eigenvalue weighted by molar-refractivity contribution is 14.1. The molecule has 1 aliphatic rings. The first-order chi connectivity index (χ1) is 4.74. The van der Waals surface area contributed by atoms with Gasteiger partial charge in [0.1, 0.15) is 0 Å². The molecule has 56 valence electrons. The fraction of sp³-hybridized carbons (Fsp3) is 0.600. The van der Waals surface area contributed by atoms with Gasteiger partial charge in [-0.25, -0.2) is 4.79 Å². The molecule has 1 N–H and O–H groups in total. The second-order valence-corrected chi connectivity index (χ2v) is 4.02. The Bertz CT molecular complexity index is 182. The number of nitrogens with zero attached hydrogens (tertiary/aromatic N) is 1. The summed E-state index contributed by atoms with van der Waals surface area (Å²) in [5.41, 5.74) is 0. The quantitative estimate of drug-likeness (QED) is 0.602. The maximum atomic E-state index is 10.3. The third-order valence-electron chi connectivity index (χ3n) is 1.07. The number of aliphatic carboxylic acids is 1. The maximum absolute atomic E-state index is 10.3. The van der Waals surface area contributed by atoms with Crippen molar-refractivity contribution in [1.82, 2.24) is 0 Å². The average Bonchev–Trinajstić information content (AvgIpc) is 2.34. The molecule has 1 aliphatic heterocycles. The zero-order valence-corrected chi connectivity index (χ0v) is 8.05. The molecule has 1 heterocycles. The summed E-state index contributed by atoms with van der Waals surface area (Å²) in [4.78, 5) is 14.2. The predicted molar refractivity (Wildman–Crippen MR) is 50.2 cm³/mol. The summed E-state index contributed by atoms with van der Waals surface area (Å²) in [7, 11) is 0. The molecule has 0 aliphatic carbocycles. The van der Waals surface area contributed by atoms with Gasteiger partial charge < -0.3 is 5.11 Å². The molecular formula is C5H6INO2S. The van der Waals surface area contributed by atoms with Crippen LogP contribution in [-0.4, -0.2) is 32.3 Å². The van der Waals surface area contributed by atoms with Gasteiger partial charge in [-0.3, -0.25) is 4.99 Å². The number of hydrogen-bond donors (Lipinski definition) is 1. The standard InChI is InChI=1S/C5H6INO2S/c6-1-3-2-7-4(10-3)5(8)9/h3H,1-2H2,(H,8,9)/t3-/m0/s1. The number of carboxylic acid groups (broad SMARTS) is 1. The van der Waals surface area contributed by atoms with Crippen molar-refractivity contribution < 1.29 is 9.90 Å².